The van der Waals surface area contributed by atoms with Gasteiger partial charge < -0.3 is 0 Å². The molecule has 0 atom stereocenters. The van der Waals surface area contributed by atoms with Gasteiger partial charge in [0.05, 0.1) is 11.9 Å². The molecule has 0 saturated heterocycles. The van der Waals surface area contributed by atoms with Gasteiger partial charge in [-0.25, -0.2) is 0 Å². The molecule has 0 aromatic carbocycles. The second kappa shape index (κ2) is 5.27. The topological polar surface area (TPSA) is 25.2 Å². The summed E-state index contributed by atoms with van der Waals surface area (Å²) < 4.78 is 0. The highest BCUT2D eigenvalue weighted by molar-refractivity contribution is 8.07. The molecule has 1 aromatic heterocycles. The maximum atomic E-state index is 4.67. The van der Waals surface area contributed by atoms with Crippen molar-refractivity contribution in [2.24, 2.45) is 4.99 Å². The van der Waals surface area contributed by atoms with Gasteiger partial charge >= 0.3 is 0 Å². The van der Waals surface area contributed by atoms with Crippen LogP contribution in [-0.2, 0) is 0 Å². The molecule has 2 nitrogen and oxygen atoms in total. The molecular weight excluding hydrogens is 252 g/mol. The molecule has 0 bridgehead atoms. The summed E-state index contributed by atoms with van der Waals surface area (Å²) in [5.74, 6) is 0. The van der Waals surface area contributed by atoms with E-state index in [1.54, 1.807) is 18.0 Å². The van der Waals surface area contributed by atoms with Gasteiger partial charge in [-0.1, -0.05) is 30.5 Å². The number of thioether (sulfide) groups is 1. The molecule has 1 aromatic rings. The quantitative estimate of drug-likeness (QED) is 0.672. The number of hydrogen-bond acceptors (Lipinski definition) is 3. The van der Waals surface area contributed by atoms with Crippen molar-refractivity contribution in [2.45, 2.75) is 0 Å². The summed E-state index contributed by atoms with van der Waals surface area (Å²) in [4.78, 5) is 10.9. The fraction of sp³-hybridized carbons (Fsp3) is 0.0625. The van der Waals surface area contributed by atoms with Crippen LogP contribution in [0.15, 0.2) is 75.5 Å². The van der Waals surface area contributed by atoms with Gasteiger partial charge in [0, 0.05) is 27.4 Å². The maximum Gasteiger partial charge on any atom is 0.0681 e. The van der Waals surface area contributed by atoms with E-state index in [2.05, 4.69) is 28.4 Å². The van der Waals surface area contributed by atoms with Crippen molar-refractivity contribution in [1.82, 2.24) is 4.98 Å². The molecule has 2 heterocycles. The Kier molecular flexibility index (Phi) is 3.32. The van der Waals surface area contributed by atoms with E-state index in [0.29, 0.717) is 6.54 Å². The smallest absolute Gasteiger partial charge is 0.0681 e. The molecule has 0 radical (unpaired) electrons. The first-order chi connectivity index (χ1) is 9.33. The number of rotatable bonds is 0. The molecule has 0 unspecified atom stereocenters. The third-order valence-corrected chi connectivity index (χ3v) is 3.81. The fourth-order valence-corrected chi connectivity index (χ4v) is 2.77. The molecule has 1 aliphatic heterocycles. The molecular formula is C16H12N2S. The Morgan fingerprint density at radius 3 is 3.26 bits per heavy atom. The van der Waals surface area contributed by atoms with Crippen molar-refractivity contribution in [1.29, 1.82) is 0 Å². The Balaban J connectivity index is 2.18. The van der Waals surface area contributed by atoms with Crippen LogP contribution in [0.3, 0.4) is 0 Å². The second-order valence-electron chi connectivity index (χ2n) is 4.19. The lowest BCUT2D eigenvalue weighted by atomic mass is 10.2. The summed E-state index contributed by atoms with van der Waals surface area (Å²) >= 11 is 1.65. The molecule has 3 rings (SSSR count). The van der Waals surface area contributed by atoms with Gasteiger partial charge in [-0.3, -0.25) is 9.98 Å². The highest BCUT2D eigenvalue weighted by Gasteiger charge is 2.06. The summed E-state index contributed by atoms with van der Waals surface area (Å²) in [5, 5.41) is 1.97. The predicted octanol–water partition coefficient (Wildman–Crippen LogP) is 2.28. The predicted molar refractivity (Wildman–Crippen MR) is 79.9 cm³/mol. The van der Waals surface area contributed by atoms with E-state index in [1.165, 1.54) is 5.57 Å². The Hall–Kier alpha value is -2.09. The number of aromatic nitrogens is 1. The van der Waals surface area contributed by atoms with Crippen molar-refractivity contribution >= 4 is 17.8 Å². The van der Waals surface area contributed by atoms with Crippen molar-refractivity contribution < 1.29 is 0 Å². The lowest BCUT2D eigenvalue weighted by molar-refractivity contribution is 1.08. The number of nitrogens with zero attached hydrogens (tertiary/aromatic N) is 2. The fourth-order valence-electron chi connectivity index (χ4n) is 1.91. The maximum absolute atomic E-state index is 4.67. The summed E-state index contributed by atoms with van der Waals surface area (Å²) in [6, 6.07) is 1.93. The van der Waals surface area contributed by atoms with Crippen LogP contribution in [0.5, 0.6) is 0 Å². The highest BCUT2D eigenvalue weighted by atomic mass is 32.2. The van der Waals surface area contributed by atoms with E-state index in [9.17, 15) is 0 Å². The van der Waals surface area contributed by atoms with Gasteiger partial charge in [-0.05, 0) is 29.9 Å². The minimum atomic E-state index is 0.656. The van der Waals surface area contributed by atoms with Crippen LogP contribution in [0, 0.1) is 0 Å². The van der Waals surface area contributed by atoms with Crippen molar-refractivity contribution in [3.8, 4) is 0 Å². The van der Waals surface area contributed by atoms with Crippen LogP contribution < -0.4 is 10.6 Å². The molecule has 0 amide bonds. The van der Waals surface area contributed by atoms with Gasteiger partial charge in [0.25, 0.3) is 0 Å². The van der Waals surface area contributed by atoms with E-state index in [-0.39, 0.29) is 0 Å². The SMILES string of the molecule is C=C1/C=c2/cnccc2=NCC2=C(C=C=CC=C2)S1. The summed E-state index contributed by atoms with van der Waals surface area (Å²) in [5.41, 5.74) is 4.32. The summed E-state index contributed by atoms with van der Waals surface area (Å²) in [6.45, 7) is 4.76. The third-order valence-electron chi connectivity index (χ3n) is 2.83. The largest absolute Gasteiger partial charge is 0.280 e. The molecule has 1 aliphatic carbocycles. The van der Waals surface area contributed by atoms with Crippen molar-refractivity contribution in [3.05, 3.63) is 81.0 Å². The van der Waals surface area contributed by atoms with E-state index in [1.807, 2.05) is 36.6 Å². The van der Waals surface area contributed by atoms with E-state index in [4.69, 9.17) is 0 Å². The van der Waals surface area contributed by atoms with E-state index >= 15 is 0 Å². The zero-order chi connectivity index (χ0) is 13.1. The Bertz CT molecular complexity index is 775. The molecule has 3 heteroatoms. The Morgan fingerprint density at radius 1 is 1.37 bits per heavy atom. The van der Waals surface area contributed by atoms with E-state index in [0.717, 1.165) is 20.4 Å². The van der Waals surface area contributed by atoms with Crippen LogP contribution in [0.2, 0.25) is 0 Å². The zero-order valence-electron chi connectivity index (χ0n) is 10.3. The molecule has 0 fully saturated rings. The van der Waals surface area contributed by atoms with Crippen LogP contribution in [-0.4, -0.2) is 11.5 Å². The summed E-state index contributed by atoms with van der Waals surface area (Å²) in [7, 11) is 0. The normalized spacial score (nSPS) is 19.2. The van der Waals surface area contributed by atoms with Gasteiger partial charge in [0.2, 0.25) is 0 Å². The van der Waals surface area contributed by atoms with Crippen LogP contribution in [0.4, 0.5) is 0 Å². The lowest BCUT2D eigenvalue weighted by Crippen LogP contribution is -2.25. The van der Waals surface area contributed by atoms with Gasteiger partial charge in [-0.2, -0.15) is 0 Å². The molecule has 92 valence electrons. The third kappa shape index (κ3) is 2.68. The number of allylic oxidation sites excluding steroid dienone is 3. The Morgan fingerprint density at radius 2 is 2.32 bits per heavy atom. The zero-order valence-corrected chi connectivity index (χ0v) is 11.2. The van der Waals surface area contributed by atoms with Crippen LogP contribution >= 0.6 is 11.8 Å². The molecule has 19 heavy (non-hydrogen) atoms. The van der Waals surface area contributed by atoms with Gasteiger partial charge in [0.1, 0.15) is 0 Å². The standard InChI is InChI=1S/C16H12N2S/c1-12-9-14-10-17-8-7-15(14)18-11-13-5-3-2-4-6-16(13)19-12/h2-3,5-10H,1,11H2/b14-9-,18-15?. The molecule has 0 spiro atoms. The monoisotopic (exact) mass is 264 g/mol. The average Bonchev–Trinajstić information content (AvgIpc) is 2.59. The lowest BCUT2D eigenvalue weighted by Gasteiger charge is -2.04. The number of fused-ring (bicyclic) bond motifs is 1. The number of pyridine rings is 1. The molecule has 0 N–H and O–H groups in total. The van der Waals surface area contributed by atoms with Crippen LogP contribution in [0.25, 0.3) is 6.08 Å². The minimum Gasteiger partial charge on any atom is -0.280 e. The second-order valence-corrected chi connectivity index (χ2v) is 5.36. The summed E-state index contributed by atoms with van der Waals surface area (Å²) in [6.07, 6.45) is 13.6. The Labute approximate surface area is 116 Å². The highest BCUT2D eigenvalue weighted by Crippen LogP contribution is 2.30. The molecule has 0 saturated carbocycles. The molecule has 2 aliphatic rings. The van der Waals surface area contributed by atoms with Gasteiger partial charge in [0.15, 0.2) is 0 Å². The average molecular weight is 264 g/mol. The van der Waals surface area contributed by atoms with E-state index < -0.39 is 0 Å². The van der Waals surface area contributed by atoms with Crippen molar-refractivity contribution in [2.75, 3.05) is 6.54 Å². The van der Waals surface area contributed by atoms with Gasteiger partial charge in [-0.15, -0.1) is 5.73 Å². The first kappa shape index (κ1) is 12.0. The van der Waals surface area contributed by atoms with Crippen molar-refractivity contribution in [3.63, 3.8) is 0 Å². The minimum absolute atomic E-state index is 0.656. The first-order valence-corrected chi connectivity index (χ1v) is 6.80. The van der Waals surface area contributed by atoms with Crippen LogP contribution in [0.1, 0.15) is 0 Å². The first-order valence-electron chi connectivity index (χ1n) is 5.98. The number of hydrogen-bond donors (Lipinski definition) is 0.